The Kier molecular flexibility index (Phi) is 6.35. The third-order valence-electron chi connectivity index (χ3n) is 2.90. The van der Waals surface area contributed by atoms with Gasteiger partial charge in [0, 0.05) is 22.5 Å². The van der Waals surface area contributed by atoms with Crippen LogP contribution in [0.3, 0.4) is 0 Å². The number of ether oxygens (including phenoxy) is 2. The molecule has 0 saturated carbocycles. The highest BCUT2D eigenvalue weighted by Gasteiger charge is 2.03. The van der Waals surface area contributed by atoms with E-state index in [0.717, 1.165) is 26.3 Å². The molecule has 0 radical (unpaired) electrons. The number of aryl methyl sites for hydroxylation is 1. The van der Waals surface area contributed by atoms with Crippen molar-refractivity contribution >= 4 is 33.5 Å². The number of thiazole rings is 1. The lowest BCUT2D eigenvalue weighted by atomic mass is 10.2. The SMILES string of the molecule is COCCN=c1scc(C)n1/N=C\c1cc(Br)ccc1OC. The quantitative estimate of drug-likeness (QED) is 0.568. The Balaban J connectivity index is 2.33. The Hall–Kier alpha value is -1.44. The zero-order chi connectivity index (χ0) is 15.9. The summed E-state index contributed by atoms with van der Waals surface area (Å²) in [6.07, 6.45) is 1.78. The molecule has 22 heavy (non-hydrogen) atoms. The van der Waals surface area contributed by atoms with Gasteiger partial charge in [-0.3, -0.25) is 4.99 Å². The van der Waals surface area contributed by atoms with Crippen molar-refractivity contribution in [3.8, 4) is 5.75 Å². The second-order valence-electron chi connectivity index (χ2n) is 4.48. The van der Waals surface area contributed by atoms with Gasteiger partial charge in [0.2, 0.25) is 4.80 Å². The number of hydrogen-bond acceptors (Lipinski definition) is 5. The Morgan fingerprint density at radius 1 is 1.36 bits per heavy atom. The lowest BCUT2D eigenvalue weighted by Gasteiger charge is -2.05. The first-order valence-corrected chi connectivity index (χ1v) is 8.37. The minimum absolute atomic E-state index is 0.597. The third kappa shape index (κ3) is 4.28. The maximum absolute atomic E-state index is 5.35. The highest BCUT2D eigenvalue weighted by atomic mass is 79.9. The molecule has 2 aromatic rings. The van der Waals surface area contributed by atoms with Crippen LogP contribution in [0.15, 0.2) is 38.1 Å². The van der Waals surface area contributed by atoms with E-state index in [2.05, 4.69) is 26.0 Å². The minimum Gasteiger partial charge on any atom is -0.496 e. The fraction of sp³-hybridized carbons (Fsp3) is 0.333. The van der Waals surface area contributed by atoms with Gasteiger partial charge in [0.25, 0.3) is 0 Å². The molecule has 0 bridgehead atoms. The third-order valence-corrected chi connectivity index (χ3v) is 4.36. The summed E-state index contributed by atoms with van der Waals surface area (Å²) in [7, 11) is 3.32. The van der Waals surface area contributed by atoms with Crippen LogP contribution < -0.4 is 9.54 Å². The molecule has 0 fully saturated rings. The molecule has 7 heteroatoms. The van der Waals surface area contributed by atoms with Gasteiger partial charge in [0.1, 0.15) is 5.75 Å². The minimum atomic E-state index is 0.597. The van der Waals surface area contributed by atoms with E-state index in [-0.39, 0.29) is 0 Å². The second kappa shape index (κ2) is 8.26. The summed E-state index contributed by atoms with van der Waals surface area (Å²) in [4.78, 5) is 5.34. The van der Waals surface area contributed by atoms with Crippen molar-refractivity contribution in [1.82, 2.24) is 4.68 Å². The van der Waals surface area contributed by atoms with Gasteiger partial charge in [-0.1, -0.05) is 15.9 Å². The second-order valence-corrected chi connectivity index (χ2v) is 6.23. The number of halogens is 1. The summed E-state index contributed by atoms with van der Waals surface area (Å²) >= 11 is 5.02. The monoisotopic (exact) mass is 383 g/mol. The zero-order valence-corrected chi connectivity index (χ0v) is 15.1. The number of rotatable bonds is 6. The number of methoxy groups -OCH3 is 2. The molecule has 5 nitrogen and oxygen atoms in total. The van der Waals surface area contributed by atoms with Crippen molar-refractivity contribution in [3.05, 3.63) is 44.1 Å². The molecule has 1 heterocycles. The van der Waals surface area contributed by atoms with Gasteiger partial charge in [-0.05, 0) is 25.1 Å². The van der Waals surface area contributed by atoms with Gasteiger partial charge >= 0.3 is 0 Å². The van der Waals surface area contributed by atoms with Gasteiger partial charge in [0.05, 0.1) is 32.2 Å². The highest BCUT2D eigenvalue weighted by Crippen LogP contribution is 2.21. The van der Waals surface area contributed by atoms with E-state index in [1.165, 1.54) is 0 Å². The first kappa shape index (κ1) is 16.9. The average molecular weight is 384 g/mol. The van der Waals surface area contributed by atoms with Crippen LogP contribution in [0, 0.1) is 6.92 Å². The average Bonchev–Trinajstić information content (AvgIpc) is 2.86. The largest absolute Gasteiger partial charge is 0.496 e. The molecular weight excluding hydrogens is 366 g/mol. The Labute approximate surface area is 142 Å². The first-order chi connectivity index (χ1) is 10.7. The van der Waals surface area contributed by atoms with Crippen molar-refractivity contribution in [2.24, 2.45) is 10.1 Å². The van der Waals surface area contributed by atoms with E-state index in [9.17, 15) is 0 Å². The maximum Gasteiger partial charge on any atom is 0.205 e. The van der Waals surface area contributed by atoms with Crippen molar-refractivity contribution in [2.45, 2.75) is 6.92 Å². The summed E-state index contributed by atoms with van der Waals surface area (Å²) in [5.74, 6) is 0.776. The van der Waals surface area contributed by atoms with Gasteiger partial charge in [-0.15, -0.1) is 11.3 Å². The van der Waals surface area contributed by atoms with Crippen LogP contribution >= 0.6 is 27.3 Å². The number of hydrogen-bond donors (Lipinski definition) is 0. The number of nitrogens with zero attached hydrogens (tertiary/aromatic N) is 3. The molecule has 0 saturated heterocycles. The molecule has 1 aromatic carbocycles. The van der Waals surface area contributed by atoms with Crippen LogP contribution in [-0.4, -0.2) is 38.3 Å². The molecule has 0 atom stereocenters. The molecule has 0 amide bonds. The summed E-state index contributed by atoms with van der Waals surface area (Å²) < 4.78 is 13.2. The predicted octanol–water partition coefficient (Wildman–Crippen LogP) is 3.06. The normalized spacial score (nSPS) is 12.3. The van der Waals surface area contributed by atoms with Gasteiger partial charge in [-0.25, -0.2) is 4.68 Å². The predicted molar refractivity (Wildman–Crippen MR) is 93.0 cm³/mol. The molecule has 0 N–H and O–H groups in total. The summed E-state index contributed by atoms with van der Waals surface area (Å²) in [6, 6.07) is 5.80. The topological polar surface area (TPSA) is 48.1 Å². The van der Waals surface area contributed by atoms with E-state index in [1.807, 2.05) is 35.2 Å². The zero-order valence-electron chi connectivity index (χ0n) is 12.7. The van der Waals surface area contributed by atoms with Crippen LogP contribution in [0.25, 0.3) is 0 Å². The number of aromatic nitrogens is 1. The van der Waals surface area contributed by atoms with E-state index < -0.39 is 0 Å². The first-order valence-electron chi connectivity index (χ1n) is 6.70. The summed E-state index contributed by atoms with van der Waals surface area (Å²) in [5.41, 5.74) is 1.93. The highest BCUT2D eigenvalue weighted by molar-refractivity contribution is 9.10. The molecule has 0 spiro atoms. The van der Waals surface area contributed by atoms with Crippen molar-refractivity contribution in [1.29, 1.82) is 0 Å². The molecule has 2 rings (SSSR count). The Bertz CT molecular complexity index is 722. The van der Waals surface area contributed by atoms with E-state index in [1.54, 1.807) is 31.8 Å². The summed E-state index contributed by atoms with van der Waals surface area (Å²) in [5, 5.41) is 6.56. The fourth-order valence-electron chi connectivity index (χ4n) is 1.79. The van der Waals surface area contributed by atoms with E-state index in [0.29, 0.717) is 13.2 Å². The van der Waals surface area contributed by atoms with Gasteiger partial charge in [-0.2, -0.15) is 5.10 Å². The molecule has 0 aliphatic carbocycles. The van der Waals surface area contributed by atoms with Crippen molar-refractivity contribution in [3.63, 3.8) is 0 Å². The lowest BCUT2D eigenvalue weighted by molar-refractivity contribution is 0.207. The molecule has 118 valence electrons. The molecule has 0 aliphatic rings. The van der Waals surface area contributed by atoms with E-state index >= 15 is 0 Å². The Morgan fingerprint density at radius 3 is 2.91 bits per heavy atom. The van der Waals surface area contributed by atoms with Crippen LogP contribution in [0.1, 0.15) is 11.3 Å². The van der Waals surface area contributed by atoms with Crippen molar-refractivity contribution < 1.29 is 9.47 Å². The summed E-state index contributed by atoms with van der Waals surface area (Å²) in [6.45, 7) is 3.22. The van der Waals surface area contributed by atoms with Crippen LogP contribution in [0.5, 0.6) is 5.75 Å². The maximum atomic E-state index is 5.35. The molecule has 0 unspecified atom stereocenters. The molecular formula is C15H18BrN3O2S. The fourth-order valence-corrected chi connectivity index (χ4v) is 3.00. The van der Waals surface area contributed by atoms with Gasteiger partial charge < -0.3 is 9.47 Å². The van der Waals surface area contributed by atoms with Gasteiger partial charge in [0.15, 0.2) is 0 Å². The van der Waals surface area contributed by atoms with Crippen molar-refractivity contribution in [2.75, 3.05) is 27.4 Å². The lowest BCUT2D eigenvalue weighted by Crippen LogP contribution is -2.13. The smallest absolute Gasteiger partial charge is 0.205 e. The molecule has 1 aromatic heterocycles. The number of benzene rings is 1. The van der Waals surface area contributed by atoms with E-state index in [4.69, 9.17) is 9.47 Å². The van der Waals surface area contributed by atoms with Crippen LogP contribution in [-0.2, 0) is 4.74 Å². The van der Waals surface area contributed by atoms with Crippen LogP contribution in [0.2, 0.25) is 0 Å². The standard InChI is InChI=1S/C15H18BrN3O2S/c1-11-10-22-15(17-6-7-20-2)19(11)18-9-12-8-13(16)4-5-14(12)21-3/h4-5,8-10H,6-7H2,1-3H3/b17-15?,18-9-. The Morgan fingerprint density at radius 2 is 2.18 bits per heavy atom. The molecule has 0 aliphatic heterocycles. The van der Waals surface area contributed by atoms with Crippen LogP contribution in [0.4, 0.5) is 0 Å².